The van der Waals surface area contributed by atoms with Crippen LogP contribution in [0.15, 0.2) is 78.9 Å². The van der Waals surface area contributed by atoms with Crippen LogP contribution in [0.1, 0.15) is 34.6 Å². The smallest absolute Gasteiger partial charge is 0.123 e. The Kier molecular flexibility index (Phi) is 6.42. The van der Waals surface area contributed by atoms with Gasteiger partial charge in [-0.1, -0.05) is 66.7 Å². The van der Waals surface area contributed by atoms with E-state index >= 15 is 0 Å². The fourth-order valence-corrected chi connectivity index (χ4v) is 3.19. The highest BCUT2D eigenvalue weighted by molar-refractivity contribution is 5.44. The monoisotopic (exact) mass is 347 g/mol. The second-order valence-electron chi connectivity index (χ2n) is 6.35. The van der Waals surface area contributed by atoms with Crippen LogP contribution in [-0.4, -0.2) is 11.7 Å². The molecule has 0 amide bonds. The van der Waals surface area contributed by atoms with Crippen molar-refractivity contribution in [2.75, 3.05) is 6.54 Å². The zero-order chi connectivity index (χ0) is 18.2. The SMILES string of the molecule is NCC[C@H](c1ccccc1)c1cc(CO)ccc1OCc1ccccc1. The number of hydrogen-bond acceptors (Lipinski definition) is 3. The minimum absolute atomic E-state index is 0.0100. The van der Waals surface area contributed by atoms with Crippen LogP contribution in [0.3, 0.4) is 0 Å². The zero-order valence-electron chi connectivity index (χ0n) is 14.8. The average Bonchev–Trinajstić information content (AvgIpc) is 2.72. The summed E-state index contributed by atoms with van der Waals surface area (Å²) in [5, 5.41) is 9.58. The summed E-state index contributed by atoms with van der Waals surface area (Å²) in [5.41, 5.74) is 10.2. The highest BCUT2D eigenvalue weighted by Crippen LogP contribution is 2.35. The average molecular weight is 347 g/mol. The van der Waals surface area contributed by atoms with Gasteiger partial charge in [0.1, 0.15) is 12.4 Å². The Labute approximate surface area is 155 Å². The van der Waals surface area contributed by atoms with Gasteiger partial charge in [0.05, 0.1) is 6.61 Å². The summed E-state index contributed by atoms with van der Waals surface area (Å²) in [4.78, 5) is 0. The molecule has 0 heterocycles. The molecular formula is C23H25NO2. The number of rotatable bonds is 8. The van der Waals surface area contributed by atoms with E-state index in [9.17, 15) is 5.11 Å². The van der Waals surface area contributed by atoms with Gasteiger partial charge in [-0.05, 0) is 41.8 Å². The molecule has 0 aromatic heterocycles. The Morgan fingerprint density at radius 1 is 0.846 bits per heavy atom. The lowest BCUT2D eigenvalue weighted by Gasteiger charge is -2.22. The molecule has 3 aromatic rings. The number of benzene rings is 3. The first kappa shape index (κ1) is 18.2. The largest absolute Gasteiger partial charge is 0.489 e. The van der Waals surface area contributed by atoms with Crippen LogP contribution in [0, 0.1) is 0 Å². The van der Waals surface area contributed by atoms with Gasteiger partial charge in [-0.3, -0.25) is 0 Å². The Balaban J connectivity index is 1.94. The molecule has 0 unspecified atom stereocenters. The molecule has 134 valence electrons. The highest BCUT2D eigenvalue weighted by atomic mass is 16.5. The molecule has 3 rings (SSSR count). The molecule has 3 nitrogen and oxygen atoms in total. The fraction of sp³-hybridized carbons (Fsp3) is 0.217. The minimum Gasteiger partial charge on any atom is -0.489 e. The molecular weight excluding hydrogens is 322 g/mol. The first-order valence-corrected chi connectivity index (χ1v) is 8.97. The molecule has 0 spiro atoms. The molecule has 3 aromatic carbocycles. The van der Waals surface area contributed by atoms with Gasteiger partial charge < -0.3 is 15.6 Å². The number of aliphatic hydroxyl groups excluding tert-OH is 1. The van der Waals surface area contributed by atoms with Gasteiger partial charge >= 0.3 is 0 Å². The maximum Gasteiger partial charge on any atom is 0.123 e. The van der Waals surface area contributed by atoms with Crippen molar-refractivity contribution in [2.45, 2.75) is 25.6 Å². The van der Waals surface area contributed by atoms with E-state index in [2.05, 4.69) is 24.3 Å². The molecule has 0 aliphatic heterocycles. The van der Waals surface area contributed by atoms with Crippen molar-refractivity contribution in [2.24, 2.45) is 5.73 Å². The van der Waals surface area contributed by atoms with Gasteiger partial charge in [0.2, 0.25) is 0 Å². The predicted octanol–water partition coefficient (Wildman–Crippen LogP) is 4.24. The number of hydrogen-bond donors (Lipinski definition) is 2. The minimum atomic E-state index is 0.0100. The molecule has 0 aliphatic rings. The lowest BCUT2D eigenvalue weighted by molar-refractivity contribution is 0.280. The zero-order valence-corrected chi connectivity index (χ0v) is 14.8. The van der Waals surface area contributed by atoms with E-state index in [1.807, 2.05) is 54.6 Å². The van der Waals surface area contributed by atoms with Crippen molar-refractivity contribution >= 4 is 0 Å². The summed E-state index contributed by atoms with van der Waals surface area (Å²) in [6, 6.07) is 26.4. The molecule has 0 radical (unpaired) electrons. The molecule has 3 heteroatoms. The van der Waals surface area contributed by atoms with Crippen molar-refractivity contribution in [1.82, 2.24) is 0 Å². The van der Waals surface area contributed by atoms with Crippen LogP contribution in [0.2, 0.25) is 0 Å². The lowest BCUT2D eigenvalue weighted by Crippen LogP contribution is -2.11. The first-order valence-electron chi connectivity index (χ1n) is 8.97. The van der Waals surface area contributed by atoms with E-state index in [-0.39, 0.29) is 12.5 Å². The second kappa shape index (κ2) is 9.18. The van der Waals surface area contributed by atoms with Crippen molar-refractivity contribution in [3.05, 3.63) is 101 Å². The molecule has 0 aliphatic carbocycles. The summed E-state index contributed by atoms with van der Waals surface area (Å²) < 4.78 is 6.15. The third-order valence-corrected chi connectivity index (χ3v) is 4.53. The topological polar surface area (TPSA) is 55.5 Å². The predicted molar refractivity (Wildman–Crippen MR) is 105 cm³/mol. The maximum absolute atomic E-state index is 9.58. The standard InChI is InChI=1S/C23H25NO2/c24-14-13-21(20-9-5-2-6-10-20)22-15-19(16-25)11-12-23(22)26-17-18-7-3-1-4-8-18/h1-12,15,21,25H,13-14,16-17,24H2/t21-/m1/s1. The van der Waals surface area contributed by atoms with E-state index < -0.39 is 0 Å². The molecule has 3 N–H and O–H groups in total. The van der Waals surface area contributed by atoms with E-state index in [1.54, 1.807) is 0 Å². The second-order valence-corrected chi connectivity index (χ2v) is 6.35. The van der Waals surface area contributed by atoms with Crippen molar-refractivity contribution in [3.63, 3.8) is 0 Å². The first-order chi connectivity index (χ1) is 12.8. The Morgan fingerprint density at radius 3 is 2.19 bits per heavy atom. The summed E-state index contributed by atoms with van der Waals surface area (Å²) in [5.74, 6) is 0.979. The molecule has 0 saturated carbocycles. The normalized spacial score (nSPS) is 11.9. The summed E-state index contributed by atoms with van der Waals surface area (Å²) in [6.45, 7) is 1.10. The van der Waals surface area contributed by atoms with Crippen molar-refractivity contribution < 1.29 is 9.84 Å². The molecule has 1 atom stereocenters. The number of nitrogens with two attached hydrogens (primary N) is 1. The Hall–Kier alpha value is -2.62. The van der Waals surface area contributed by atoms with E-state index in [0.29, 0.717) is 13.2 Å². The lowest BCUT2D eigenvalue weighted by atomic mass is 9.87. The Morgan fingerprint density at radius 2 is 1.54 bits per heavy atom. The Bertz CT molecular complexity index is 803. The molecule has 0 saturated heterocycles. The summed E-state index contributed by atoms with van der Waals surface area (Å²) in [7, 11) is 0. The van der Waals surface area contributed by atoms with E-state index in [0.717, 1.165) is 28.9 Å². The molecule has 0 bridgehead atoms. The molecule has 26 heavy (non-hydrogen) atoms. The van der Waals surface area contributed by atoms with Crippen molar-refractivity contribution in [3.8, 4) is 5.75 Å². The van der Waals surface area contributed by atoms with Crippen LogP contribution in [0.5, 0.6) is 5.75 Å². The van der Waals surface area contributed by atoms with Crippen molar-refractivity contribution in [1.29, 1.82) is 0 Å². The van der Waals surface area contributed by atoms with Crippen LogP contribution < -0.4 is 10.5 Å². The van der Waals surface area contributed by atoms with Gasteiger partial charge in [-0.25, -0.2) is 0 Å². The van der Waals surface area contributed by atoms with Gasteiger partial charge in [0.25, 0.3) is 0 Å². The third-order valence-electron chi connectivity index (χ3n) is 4.53. The van der Waals surface area contributed by atoms with Gasteiger partial charge in [-0.2, -0.15) is 0 Å². The number of ether oxygens (including phenoxy) is 1. The number of aliphatic hydroxyl groups is 1. The van der Waals surface area contributed by atoms with E-state index in [1.165, 1.54) is 5.56 Å². The molecule has 0 fully saturated rings. The fourth-order valence-electron chi connectivity index (χ4n) is 3.19. The third kappa shape index (κ3) is 4.51. The quantitative estimate of drug-likeness (QED) is 0.641. The summed E-state index contributed by atoms with van der Waals surface area (Å²) in [6.07, 6.45) is 0.820. The van der Waals surface area contributed by atoms with E-state index in [4.69, 9.17) is 10.5 Å². The summed E-state index contributed by atoms with van der Waals surface area (Å²) >= 11 is 0. The highest BCUT2D eigenvalue weighted by Gasteiger charge is 2.18. The van der Waals surface area contributed by atoms with Gasteiger partial charge in [0, 0.05) is 11.5 Å². The van der Waals surface area contributed by atoms with Crippen LogP contribution >= 0.6 is 0 Å². The van der Waals surface area contributed by atoms with Crippen LogP contribution in [-0.2, 0) is 13.2 Å². The van der Waals surface area contributed by atoms with Gasteiger partial charge in [-0.15, -0.1) is 0 Å². The van der Waals surface area contributed by atoms with Crippen LogP contribution in [0.4, 0.5) is 0 Å². The van der Waals surface area contributed by atoms with Gasteiger partial charge in [0.15, 0.2) is 0 Å². The van der Waals surface area contributed by atoms with Crippen LogP contribution in [0.25, 0.3) is 0 Å². The maximum atomic E-state index is 9.58.